The molecule has 2 atom stereocenters. The maximum atomic E-state index is 11.6. The first kappa shape index (κ1) is 25.9. The zero-order chi connectivity index (χ0) is 26.7. The molecule has 0 spiro atoms. The van der Waals surface area contributed by atoms with Crippen LogP contribution in [0.2, 0.25) is 0 Å². The highest BCUT2D eigenvalue weighted by Crippen LogP contribution is 2.51. The summed E-state index contributed by atoms with van der Waals surface area (Å²) in [5.74, 6) is 0.772. The van der Waals surface area contributed by atoms with Crippen molar-refractivity contribution >= 4 is 17.1 Å². The third-order valence-corrected chi connectivity index (χ3v) is 6.97. The van der Waals surface area contributed by atoms with Gasteiger partial charge in [-0.2, -0.15) is 0 Å². The molecule has 192 valence electrons. The Hall–Kier alpha value is -4.14. The van der Waals surface area contributed by atoms with E-state index in [2.05, 4.69) is 15.5 Å². The van der Waals surface area contributed by atoms with Crippen LogP contribution < -0.4 is 14.2 Å². The van der Waals surface area contributed by atoms with Crippen LogP contribution in [0.5, 0.6) is 17.2 Å². The summed E-state index contributed by atoms with van der Waals surface area (Å²) in [5, 5.41) is 9.54. The van der Waals surface area contributed by atoms with Crippen LogP contribution in [-0.4, -0.2) is 20.8 Å². The quantitative estimate of drug-likeness (QED) is 0.275. The Balaban J connectivity index is 1.99. The van der Waals surface area contributed by atoms with Crippen molar-refractivity contribution in [3.05, 3.63) is 84.5 Å². The molecule has 0 fully saturated rings. The second-order valence-electron chi connectivity index (χ2n) is 9.22. The van der Waals surface area contributed by atoms with Gasteiger partial charge in [0, 0.05) is 23.5 Å². The lowest BCUT2D eigenvalue weighted by molar-refractivity contribution is 0.248. The lowest BCUT2D eigenvalue weighted by Gasteiger charge is -2.35. The van der Waals surface area contributed by atoms with Crippen molar-refractivity contribution in [3.8, 4) is 17.2 Å². The fraction of sp³-hybridized carbons (Fsp3) is 0.357. The Morgan fingerprint density at radius 1 is 0.838 bits per heavy atom. The average Bonchev–Trinajstić information content (AvgIpc) is 2.91. The zero-order valence-electron chi connectivity index (χ0n) is 21.5. The summed E-state index contributed by atoms with van der Waals surface area (Å²) in [4.78, 5) is 34.5. The van der Waals surface area contributed by atoms with Gasteiger partial charge in [0.15, 0.2) is 17.2 Å². The number of aryl methyl sites for hydroxylation is 3. The number of methoxy groups -OCH3 is 2. The Kier molecular flexibility index (Phi) is 7.61. The molecule has 37 heavy (non-hydrogen) atoms. The van der Waals surface area contributed by atoms with E-state index in [0.717, 1.165) is 39.8 Å². The lowest BCUT2D eigenvalue weighted by atomic mass is 9.74. The average molecular weight is 504 g/mol. The number of benzene rings is 3. The van der Waals surface area contributed by atoms with Gasteiger partial charge >= 0.3 is 0 Å². The molecule has 1 heterocycles. The van der Waals surface area contributed by atoms with Gasteiger partial charge in [-0.1, -0.05) is 25.5 Å². The molecule has 3 aromatic carbocycles. The standard InChI is InChI=1S/C28H29N3O6/c1-6-7-17-10-20-23(13-22(17)29-32)37-14-21(18-11-24(35-4)28(31-34)25(12-18)36-5)26(20)19-8-15(2)27(30-33)16(3)9-19/h8-13,21,26H,6-7,14H2,1-5H3. The number of nitroso groups, excluding NO2 is 3. The number of ether oxygens (including phenoxy) is 3. The van der Waals surface area contributed by atoms with E-state index in [0.29, 0.717) is 35.0 Å². The highest BCUT2D eigenvalue weighted by Gasteiger charge is 2.36. The fourth-order valence-electron chi connectivity index (χ4n) is 5.28. The van der Waals surface area contributed by atoms with Gasteiger partial charge in [0.2, 0.25) is 0 Å². The molecule has 0 saturated carbocycles. The third-order valence-electron chi connectivity index (χ3n) is 6.97. The van der Waals surface area contributed by atoms with Crippen LogP contribution in [0, 0.1) is 28.6 Å². The summed E-state index contributed by atoms with van der Waals surface area (Å²) >= 11 is 0. The Bertz CT molecular complexity index is 1320. The predicted octanol–water partition coefficient (Wildman–Crippen LogP) is 7.77. The lowest BCUT2D eigenvalue weighted by Crippen LogP contribution is -2.26. The van der Waals surface area contributed by atoms with Crippen molar-refractivity contribution in [2.45, 2.75) is 45.4 Å². The SMILES string of the molecule is CCCc1cc2c(cc1N=O)OCC(c1cc(OC)c(N=O)c(OC)c1)C2c1cc(C)c(N=O)c(C)c1. The van der Waals surface area contributed by atoms with E-state index in [9.17, 15) is 14.7 Å². The number of hydrogen-bond donors (Lipinski definition) is 0. The minimum Gasteiger partial charge on any atom is -0.494 e. The molecule has 4 rings (SSSR count). The Morgan fingerprint density at radius 2 is 1.46 bits per heavy atom. The maximum absolute atomic E-state index is 11.6. The van der Waals surface area contributed by atoms with Crippen LogP contribution >= 0.6 is 0 Å². The topological polar surface area (TPSA) is 116 Å². The maximum Gasteiger partial charge on any atom is 0.191 e. The van der Waals surface area contributed by atoms with Crippen molar-refractivity contribution in [1.29, 1.82) is 0 Å². The van der Waals surface area contributed by atoms with Gasteiger partial charge in [0.05, 0.1) is 20.8 Å². The monoisotopic (exact) mass is 503 g/mol. The van der Waals surface area contributed by atoms with Gasteiger partial charge in [-0.25, -0.2) is 0 Å². The second-order valence-corrected chi connectivity index (χ2v) is 9.22. The van der Waals surface area contributed by atoms with E-state index in [4.69, 9.17) is 14.2 Å². The van der Waals surface area contributed by atoms with Crippen LogP contribution in [0.1, 0.15) is 58.6 Å². The van der Waals surface area contributed by atoms with Crippen molar-refractivity contribution in [2.75, 3.05) is 20.8 Å². The van der Waals surface area contributed by atoms with Crippen LogP contribution in [0.15, 0.2) is 51.9 Å². The first-order valence-electron chi connectivity index (χ1n) is 12.1. The van der Waals surface area contributed by atoms with Crippen LogP contribution in [0.3, 0.4) is 0 Å². The Morgan fingerprint density at radius 3 is 1.97 bits per heavy atom. The predicted molar refractivity (Wildman–Crippen MR) is 142 cm³/mol. The molecule has 0 aliphatic carbocycles. The smallest absolute Gasteiger partial charge is 0.191 e. The van der Waals surface area contributed by atoms with Crippen LogP contribution in [0.4, 0.5) is 17.1 Å². The van der Waals surface area contributed by atoms with Crippen LogP contribution in [-0.2, 0) is 6.42 Å². The summed E-state index contributed by atoms with van der Waals surface area (Å²) in [6, 6.07) is 11.2. The molecule has 0 aromatic heterocycles. The van der Waals surface area contributed by atoms with Gasteiger partial charge in [0.25, 0.3) is 0 Å². The largest absolute Gasteiger partial charge is 0.494 e. The van der Waals surface area contributed by atoms with E-state index in [1.807, 2.05) is 39.0 Å². The van der Waals surface area contributed by atoms with Gasteiger partial charge in [-0.05, 0) is 81.8 Å². The van der Waals surface area contributed by atoms with Crippen molar-refractivity contribution in [3.63, 3.8) is 0 Å². The summed E-state index contributed by atoms with van der Waals surface area (Å²) in [6.45, 7) is 6.06. The number of rotatable bonds is 9. The van der Waals surface area contributed by atoms with Crippen molar-refractivity contribution in [2.24, 2.45) is 15.5 Å². The second kappa shape index (κ2) is 10.9. The Labute approximate surface area is 215 Å². The van der Waals surface area contributed by atoms with E-state index >= 15 is 0 Å². The zero-order valence-corrected chi connectivity index (χ0v) is 21.5. The highest BCUT2D eigenvalue weighted by molar-refractivity contribution is 5.66. The number of hydrogen-bond acceptors (Lipinski definition) is 9. The number of nitrogens with zero attached hydrogens (tertiary/aromatic N) is 3. The number of fused-ring (bicyclic) bond motifs is 1. The molecular formula is C28H29N3O6. The molecular weight excluding hydrogens is 474 g/mol. The third kappa shape index (κ3) is 4.69. The summed E-state index contributed by atoms with van der Waals surface area (Å²) < 4.78 is 17.1. The normalized spacial score (nSPS) is 16.4. The summed E-state index contributed by atoms with van der Waals surface area (Å²) in [7, 11) is 2.94. The summed E-state index contributed by atoms with van der Waals surface area (Å²) in [6.07, 6.45) is 1.54. The molecule has 0 N–H and O–H groups in total. The molecule has 0 bridgehead atoms. The van der Waals surface area contributed by atoms with Gasteiger partial charge < -0.3 is 14.2 Å². The molecule has 3 aromatic rings. The van der Waals surface area contributed by atoms with Gasteiger partial charge in [-0.3, -0.25) is 0 Å². The molecule has 0 radical (unpaired) electrons. The minimum atomic E-state index is -0.214. The first-order valence-corrected chi connectivity index (χ1v) is 12.1. The minimum absolute atomic E-state index is 0.0856. The molecule has 9 nitrogen and oxygen atoms in total. The van der Waals surface area contributed by atoms with Crippen molar-refractivity contribution in [1.82, 2.24) is 0 Å². The van der Waals surface area contributed by atoms with Gasteiger partial charge in [0.1, 0.15) is 17.1 Å². The molecule has 1 aliphatic heterocycles. The summed E-state index contributed by atoms with van der Waals surface area (Å²) in [5.41, 5.74) is 5.98. The molecule has 9 heteroatoms. The van der Waals surface area contributed by atoms with E-state index in [1.165, 1.54) is 14.2 Å². The fourth-order valence-corrected chi connectivity index (χ4v) is 5.28. The molecule has 2 unspecified atom stereocenters. The van der Waals surface area contributed by atoms with Crippen LogP contribution in [0.25, 0.3) is 0 Å². The van der Waals surface area contributed by atoms with Crippen molar-refractivity contribution < 1.29 is 14.2 Å². The highest BCUT2D eigenvalue weighted by atomic mass is 16.5. The van der Waals surface area contributed by atoms with Gasteiger partial charge in [-0.15, -0.1) is 14.7 Å². The molecule has 0 saturated heterocycles. The first-order chi connectivity index (χ1) is 17.9. The molecule has 0 amide bonds. The van der Waals surface area contributed by atoms with E-state index in [1.54, 1.807) is 18.2 Å². The van der Waals surface area contributed by atoms with E-state index < -0.39 is 0 Å². The van der Waals surface area contributed by atoms with E-state index in [-0.39, 0.29) is 24.1 Å². The molecule has 1 aliphatic rings.